The lowest BCUT2D eigenvalue weighted by atomic mass is 9.98. The molecule has 1 aromatic rings. The predicted octanol–water partition coefficient (Wildman–Crippen LogP) is 2.52. The molecule has 2 aliphatic heterocycles. The number of nitrogens with zero attached hydrogens (tertiary/aromatic N) is 4. The van der Waals surface area contributed by atoms with Gasteiger partial charge in [-0.2, -0.15) is 0 Å². The van der Waals surface area contributed by atoms with Crippen molar-refractivity contribution in [2.24, 2.45) is 5.92 Å². The minimum Gasteiger partial charge on any atom is -0.476 e. The van der Waals surface area contributed by atoms with Gasteiger partial charge < -0.3 is 19.3 Å². The van der Waals surface area contributed by atoms with Gasteiger partial charge in [-0.1, -0.05) is 0 Å². The topological polar surface area (TPSA) is 102 Å². The zero-order valence-electron chi connectivity index (χ0n) is 18.9. The molecule has 1 amide bonds. The van der Waals surface area contributed by atoms with Crippen LogP contribution in [0.5, 0.6) is 5.88 Å². The number of carbonyl (C=O) groups excluding carboxylic acids is 1. The molecule has 0 bridgehead atoms. The van der Waals surface area contributed by atoms with Crippen LogP contribution in [0.25, 0.3) is 0 Å². The smallest absolute Gasteiger partial charge is 0.410 e. The van der Waals surface area contributed by atoms with Crippen molar-refractivity contribution in [3.05, 3.63) is 12.4 Å². The number of rotatable bonds is 5. The summed E-state index contributed by atoms with van der Waals surface area (Å²) in [5.74, 6) is 1.57. The van der Waals surface area contributed by atoms with Gasteiger partial charge in [0.2, 0.25) is 5.88 Å². The highest BCUT2D eigenvalue weighted by molar-refractivity contribution is 7.91. The van der Waals surface area contributed by atoms with Gasteiger partial charge in [-0.05, 0) is 52.4 Å². The SMILES string of the molecule is CC(C)(C)OC(=O)N1CCC(COc2cnc(N3CCC(S(C)(=O)=O)CC3)cn2)CC1. The molecule has 9 nitrogen and oxygen atoms in total. The van der Waals surface area contributed by atoms with Gasteiger partial charge >= 0.3 is 6.09 Å². The normalized spacial score (nSPS) is 19.4. The van der Waals surface area contributed by atoms with Crippen LogP contribution in [-0.2, 0) is 14.6 Å². The molecular formula is C21H34N4O5S. The van der Waals surface area contributed by atoms with E-state index in [0.717, 1.165) is 18.7 Å². The van der Waals surface area contributed by atoms with Gasteiger partial charge in [-0.3, -0.25) is 0 Å². The lowest BCUT2D eigenvalue weighted by Crippen LogP contribution is -2.42. The first-order chi connectivity index (χ1) is 14.5. The third-order valence-corrected chi connectivity index (χ3v) is 7.40. The average Bonchev–Trinajstić information content (AvgIpc) is 2.71. The second-order valence-corrected chi connectivity index (χ2v) is 11.8. The summed E-state index contributed by atoms with van der Waals surface area (Å²) in [5.41, 5.74) is -0.481. The fourth-order valence-corrected chi connectivity index (χ4v) is 4.94. The Balaban J connectivity index is 1.41. The van der Waals surface area contributed by atoms with Gasteiger partial charge in [0, 0.05) is 32.4 Å². The predicted molar refractivity (Wildman–Crippen MR) is 118 cm³/mol. The molecule has 1 aromatic heterocycles. The van der Waals surface area contributed by atoms with Crippen LogP contribution in [0, 0.1) is 5.92 Å². The maximum Gasteiger partial charge on any atom is 0.410 e. The van der Waals surface area contributed by atoms with Crippen LogP contribution in [-0.4, -0.2) is 79.3 Å². The molecule has 0 unspecified atom stereocenters. The minimum absolute atomic E-state index is 0.256. The molecule has 174 valence electrons. The van der Waals surface area contributed by atoms with E-state index in [0.29, 0.717) is 57.4 Å². The number of aromatic nitrogens is 2. The van der Waals surface area contributed by atoms with Gasteiger partial charge in [0.1, 0.15) is 21.3 Å². The Morgan fingerprint density at radius 1 is 1.06 bits per heavy atom. The molecule has 3 heterocycles. The van der Waals surface area contributed by atoms with E-state index in [4.69, 9.17) is 9.47 Å². The number of carbonyl (C=O) groups is 1. The van der Waals surface area contributed by atoms with Crippen LogP contribution in [0.2, 0.25) is 0 Å². The Morgan fingerprint density at radius 2 is 1.71 bits per heavy atom. The van der Waals surface area contributed by atoms with Gasteiger partial charge in [-0.25, -0.2) is 23.2 Å². The lowest BCUT2D eigenvalue weighted by Gasteiger charge is -2.33. The van der Waals surface area contributed by atoms with Gasteiger partial charge in [-0.15, -0.1) is 0 Å². The van der Waals surface area contributed by atoms with E-state index in [1.165, 1.54) is 6.26 Å². The van der Waals surface area contributed by atoms with Crippen LogP contribution in [0.4, 0.5) is 10.6 Å². The van der Waals surface area contributed by atoms with E-state index < -0.39 is 15.4 Å². The van der Waals surface area contributed by atoms with E-state index in [1.54, 1.807) is 17.3 Å². The summed E-state index contributed by atoms with van der Waals surface area (Å²) in [7, 11) is -2.98. The van der Waals surface area contributed by atoms with Crippen molar-refractivity contribution in [3.8, 4) is 5.88 Å². The summed E-state index contributed by atoms with van der Waals surface area (Å²) in [6.45, 7) is 8.79. The Hall–Kier alpha value is -2.10. The third kappa shape index (κ3) is 6.95. The monoisotopic (exact) mass is 454 g/mol. The van der Waals surface area contributed by atoms with E-state index in [1.807, 2.05) is 20.8 Å². The first-order valence-corrected chi connectivity index (χ1v) is 12.8. The number of hydrogen-bond acceptors (Lipinski definition) is 8. The molecule has 2 aliphatic rings. The van der Waals surface area contributed by atoms with Crippen LogP contribution >= 0.6 is 0 Å². The molecule has 0 aromatic carbocycles. The quantitative estimate of drug-likeness (QED) is 0.669. The van der Waals surface area contributed by atoms with Crippen molar-refractivity contribution in [2.75, 3.05) is 43.9 Å². The maximum atomic E-state index is 12.1. The van der Waals surface area contributed by atoms with Crippen molar-refractivity contribution in [1.82, 2.24) is 14.9 Å². The van der Waals surface area contributed by atoms with Crippen molar-refractivity contribution in [2.45, 2.75) is 57.3 Å². The number of likely N-dealkylation sites (tertiary alicyclic amines) is 1. The summed E-state index contributed by atoms with van der Waals surface area (Å²) < 4.78 is 34.6. The van der Waals surface area contributed by atoms with Gasteiger partial charge in [0.05, 0.1) is 24.3 Å². The van der Waals surface area contributed by atoms with Crippen LogP contribution in [0.3, 0.4) is 0 Å². The number of ether oxygens (including phenoxy) is 2. The summed E-state index contributed by atoms with van der Waals surface area (Å²) in [6.07, 6.45) is 7.30. The van der Waals surface area contributed by atoms with Crippen LogP contribution < -0.4 is 9.64 Å². The van der Waals surface area contributed by atoms with Crippen LogP contribution in [0.1, 0.15) is 46.5 Å². The van der Waals surface area contributed by atoms with E-state index in [-0.39, 0.29) is 11.3 Å². The lowest BCUT2D eigenvalue weighted by molar-refractivity contribution is 0.0164. The Labute approximate surface area is 185 Å². The maximum absolute atomic E-state index is 12.1. The second-order valence-electron chi connectivity index (χ2n) is 9.45. The first kappa shape index (κ1) is 23.6. The molecule has 0 saturated carbocycles. The molecule has 0 N–H and O–H groups in total. The zero-order chi connectivity index (χ0) is 22.6. The van der Waals surface area contributed by atoms with Crippen LogP contribution in [0.15, 0.2) is 12.4 Å². The van der Waals surface area contributed by atoms with Crippen molar-refractivity contribution >= 4 is 21.7 Å². The van der Waals surface area contributed by atoms with Crippen molar-refractivity contribution < 1.29 is 22.7 Å². The molecule has 2 fully saturated rings. The third-order valence-electron chi connectivity index (χ3n) is 5.72. The summed E-state index contributed by atoms with van der Waals surface area (Å²) in [5, 5.41) is -0.263. The molecule has 0 atom stereocenters. The largest absolute Gasteiger partial charge is 0.476 e. The number of amides is 1. The minimum atomic E-state index is -2.98. The summed E-state index contributed by atoms with van der Waals surface area (Å²) >= 11 is 0. The first-order valence-electron chi connectivity index (χ1n) is 10.9. The molecule has 0 spiro atoms. The second kappa shape index (κ2) is 9.58. The molecular weight excluding hydrogens is 420 g/mol. The Kier molecular flexibility index (Phi) is 7.28. The molecule has 3 rings (SSSR count). The highest BCUT2D eigenvalue weighted by Crippen LogP contribution is 2.23. The fraction of sp³-hybridized carbons (Fsp3) is 0.762. The van der Waals surface area contributed by atoms with Crippen molar-refractivity contribution in [1.29, 1.82) is 0 Å². The number of sulfone groups is 1. The van der Waals surface area contributed by atoms with E-state index in [2.05, 4.69) is 14.9 Å². The number of piperidine rings is 2. The molecule has 31 heavy (non-hydrogen) atoms. The highest BCUT2D eigenvalue weighted by atomic mass is 32.2. The van der Waals surface area contributed by atoms with E-state index >= 15 is 0 Å². The number of hydrogen-bond donors (Lipinski definition) is 0. The number of anilines is 1. The van der Waals surface area contributed by atoms with E-state index in [9.17, 15) is 13.2 Å². The Morgan fingerprint density at radius 3 is 2.23 bits per heavy atom. The molecule has 10 heteroatoms. The Bertz CT molecular complexity index is 838. The van der Waals surface area contributed by atoms with Gasteiger partial charge in [0.15, 0.2) is 0 Å². The fourth-order valence-electron chi connectivity index (χ4n) is 3.87. The highest BCUT2D eigenvalue weighted by Gasteiger charge is 2.28. The summed E-state index contributed by atoms with van der Waals surface area (Å²) in [6, 6.07) is 0. The van der Waals surface area contributed by atoms with Crippen molar-refractivity contribution in [3.63, 3.8) is 0 Å². The zero-order valence-corrected chi connectivity index (χ0v) is 19.7. The molecule has 0 radical (unpaired) electrons. The molecule has 2 saturated heterocycles. The summed E-state index contributed by atoms with van der Waals surface area (Å²) in [4.78, 5) is 24.8. The molecule has 0 aliphatic carbocycles. The average molecular weight is 455 g/mol. The van der Waals surface area contributed by atoms with Gasteiger partial charge in [0.25, 0.3) is 0 Å². The standard InChI is InChI=1S/C21H34N4O5S/c1-21(2,3)30-20(26)25-9-5-16(6-10-25)15-29-19-14-22-18(13-23-19)24-11-7-17(8-12-24)31(4,27)28/h13-14,16-17H,5-12,15H2,1-4H3.